The molecule has 0 bridgehead atoms. The first-order valence-corrected chi connectivity index (χ1v) is 6.93. The van der Waals surface area contributed by atoms with Gasteiger partial charge in [-0.05, 0) is 37.3 Å². The van der Waals surface area contributed by atoms with E-state index >= 15 is 0 Å². The summed E-state index contributed by atoms with van der Waals surface area (Å²) in [5.74, 6) is 0.360. The fourth-order valence-electron chi connectivity index (χ4n) is 2.70. The van der Waals surface area contributed by atoms with Gasteiger partial charge < -0.3 is 19.8 Å². The molecule has 1 fully saturated rings. The highest BCUT2D eigenvalue weighted by atomic mass is 16.5. The highest BCUT2D eigenvalue weighted by Gasteiger charge is 2.26. The molecule has 1 atom stereocenters. The Morgan fingerprint density at radius 1 is 1.50 bits per heavy atom. The van der Waals surface area contributed by atoms with E-state index in [0.717, 1.165) is 12.8 Å². The molecule has 0 saturated carbocycles. The van der Waals surface area contributed by atoms with Crippen molar-refractivity contribution in [3.63, 3.8) is 0 Å². The number of aliphatic hydroxyl groups is 1. The van der Waals surface area contributed by atoms with Crippen LogP contribution in [0, 0.1) is 5.92 Å². The summed E-state index contributed by atoms with van der Waals surface area (Å²) in [5.41, 5.74) is 0.272. The number of amides is 1. The number of hydrogen-bond donors (Lipinski definition) is 2. The Hall–Kier alpha value is -1.75. The maximum Gasteiger partial charge on any atom is 0.257 e. The molecule has 0 aliphatic carbocycles. The molecule has 110 valence electrons. The van der Waals surface area contributed by atoms with Gasteiger partial charge in [0.25, 0.3) is 5.91 Å². The van der Waals surface area contributed by atoms with Gasteiger partial charge in [-0.1, -0.05) is 6.07 Å². The number of benzene rings is 1. The number of phenols is 1. The molecule has 1 amide bonds. The van der Waals surface area contributed by atoms with Crippen LogP contribution in [0.4, 0.5) is 0 Å². The van der Waals surface area contributed by atoms with E-state index in [1.54, 1.807) is 23.1 Å². The van der Waals surface area contributed by atoms with Crippen LogP contribution in [-0.4, -0.2) is 47.8 Å². The Morgan fingerprint density at radius 2 is 2.30 bits per heavy atom. The van der Waals surface area contributed by atoms with Crippen molar-refractivity contribution in [2.24, 2.45) is 5.92 Å². The van der Waals surface area contributed by atoms with E-state index < -0.39 is 0 Å². The summed E-state index contributed by atoms with van der Waals surface area (Å²) < 4.78 is 5.03. The van der Waals surface area contributed by atoms with Crippen molar-refractivity contribution in [2.45, 2.75) is 19.3 Å². The number of phenolic OH excluding ortho intramolecular Hbond substituents is 1. The van der Waals surface area contributed by atoms with Gasteiger partial charge in [-0.25, -0.2) is 0 Å². The van der Waals surface area contributed by atoms with E-state index in [9.17, 15) is 9.90 Å². The number of likely N-dealkylation sites (tertiary alicyclic amines) is 1. The van der Waals surface area contributed by atoms with Gasteiger partial charge in [0.05, 0.1) is 12.7 Å². The lowest BCUT2D eigenvalue weighted by molar-refractivity contribution is 0.0650. The number of piperidine rings is 1. The minimum Gasteiger partial charge on any atom is -0.504 e. The monoisotopic (exact) mass is 279 g/mol. The average Bonchev–Trinajstić information content (AvgIpc) is 2.47. The molecule has 2 N–H and O–H groups in total. The lowest BCUT2D eigenvalue weighted by atomic mass is 9.94. The van der Waals surface area contributed by atoms with Crippen molar-refractivity contribution in [1.82, 2.24) is 4.90 Å². The van der Waals surface area contributed by atoms with Crippen molar-refractivity contribution in [3.8, 4) is 11.5 Å². The standard InChI is InChI=1S/C15H21NO4/c1-20-13-6-2-5-12(14(13)18)15(19)16-8-3-4-11(10-16)7-9-17/h2,5-6,11,17-18H,3-4,7-10H2,1H3. The van der Waals surface area contributed by atoms with Crippen molar-refractivity contribution in [3.05, 3.63) is 23.8 Å². The molecule has 20 heavy (non-hydrogen) atoms. The van der Waals surface area contributed by atoms with Crippen molar-refractivity contribution in [1.29, 1.82) is 0 Å². The second kappa shape index (κ2) is 6.61. The third kappa shape index (κ3) is 3.04. The summed E-state index contributed by atoms with van der Waals surface area (Å²) in [6, 6.07) is 4.92. The molecule has 5 nitrogen and oxygen atoms in total. The first kappa shape index (κ1) is 14.7. The smallest absolute Gasteiger partial charge is 0.257 e. The number of carbonyl (C=O) groups is 1. The van der Waals surface area contributed by atoms with E-state index in [0.29, 0.717) is 31.2 Å². The van der Waals surface area contributed by atoms with E-state index in [1.807, 2.05) is 0 Å². The van der Waals surface area contributed by atoms with Gasteiger partial charge >= 0.3 is 0 Å². The topological polar surface area (TPSA) is 70.0 Å². The molecule has 1 aromatic rings. The van der Waals surface area contributed by atoms with Crippen LogP contribution < -0.4 is 4.74 Å². The summed E-state index contributed by atoms with van der Waals surface area (Å²) in [5, 5.41) is 19.1. The van der Waals surface area contributed by atoms with Gasteiger partial charge in [-0.3, -0.25) is 4.79 Å². The zero-order valence-corrected chi connectivity index (χ0v) is 11.7. The predicted molar refractivity (Wildman–Crippen MR) is 75.0 cm³/mol. The number of aromatic hydroxyl groups is 1. The highest BCUT2D eigenvalue weighted by molar-refractivity contribution is 5.97. The molecule has 5 heteroatoms. The summed E-state index contributed by atoms with van der Waals surface area (Å²) in [6.45, 7) is 1.48. The summed E-state index contributed by atoms with van der Waals surface area (Å²) in [4.78, 5) is 14.2. The molecule has 1 saturated heterocycles. The second-order valence-electron chi connectivity index (χ2n) is 5.13. The number of ether oxygens (including phenoxy) is 1. The molecular weight excluding hydrogens is 258 g/mol. The number of rotatable bonds is 4. The minimum absolute atomic E-state index is 0.107. The Bertz CT molecular complexity index is 473. The summed E-state index contributed by atoms with van der Waals surface area (Å²) in [6.07, 6.45) is 2.68. The third-order valence-corrected chi connectivity index (χ3v) is 3.79. The summed E-state index contributed by atoms with van der Waals surface area (Å²) >= 11 is 0. The molecular formula is C15H21NO4. The van der Waals surface area contributed by atoms with Gasteiger partial charge in [-0.15, -0.1) is 0 Å². The van der Waals surface area contributed by atoms with E-state index in [-0.39, 0.29) is 23.8 Å². The number of hydrogen-bond acceptors (Lipinski definition) is 4. The molecule has 1 aliphatic heterocycles. The third-order valence-electron chi connectivity index (χ3n) is 3.79. The van der Waals surface area contributed by atoms with Crippen LogP contribution in [-0.2, 0) is 0 Å². The maximum atomic E-state index is 12.5. The molecule has 1 unspecified atom stereocenters. The van der Waals surface area contributed by atoms with Crippen LogP contribution in [0.5, 0.6) is 11.5 Å². The lowest BCUT2D eigenvalue weighted by Gasteiger charge is -2.32. The Labute approximate surface area is 118 Å². The van der Waals surface area contributed by atoms with E-state index in [1.165, 1.54) is 7.11 Å². The molecule has 0 aromatic heterocycles. The fraction of sp³-hybridized carbons (Fsp3) is 0.533. The normalized spacial score (nSPS) is 18.9. The predicted octanol–water partition coefficient (Wildman–Crippen LogP) is 1.64. The second-order valence-corrected chi connectivity index (χ2v) is 5.13. The Kier molecular flexibility index (Phi) is 4.84. The van der Waals surface area contributed by atoms with Crippen LogP contribution in [0.2, 0.25) is 0 Å². The number of para-hydroxylation sites is 1. The molecule has 0 spiro atoms. The highest BCUT2D eigenvalue weighted by Crippen LogP contribution is 2.31. The number of methoxy groups -OCH3 is 1. The van der Waals surface area contributed by atoms with Gasteiger partial charge in [0.2, 0.25) is 0 Å². The zero-order chi connectivity index (χ0) is 14.5. The average molecular weight is 279 g/mol. The minimum atomic E-state index is -0.177. The quantitative estimate of drug-likeness (QED) is 0.879. The SMILES string of the molecule is COc1cccc(C(=O)N2CCCC(CCO)C2)c1O. The van der Waals surface area contributed by atoms with Crippen LogP contribution >= 0.6 is 0 Å². The van der Waals surface area contributed by atoms with E-state index in [2.05, 4.69) is 0 Å². The summed E-state index contributed by atoms with van der Waals surface area (Å²) in [7, 11) is 1.46. The van der Waals surface area contributed by atoms with Gasteiger partial charge in [0.15, 0.2) is 11.5 Å². The van der Waals surface area contributed by atoms with Crippen molar-refractivity contribution >= 4 is 5.91 Å². The van der Waals surface area contributed by atoms with Gasteiger partial charge in [0, 0.05) is 19.7 Å². The van der Waals surface area contributed by atoms with Crippen LogP contribution in [0.3, 0.4) is 0 Å². The number of nitrogens with zero attached hydrogens (tertiary/aromatic N) is 1. The first-order chi connectivity index (χ1) is 9.67. The molecule has 2 rings (SSSR count). The molecule has 1 aromatic carbocycles. The van der Waals surface area contributed by atoms with Crippen LogP contribution in [0.25, 0.3) is 0 Å². The van der Waals surface area contributed by atoms with Gasteiger partial charge in [-0.2, -0.15) is 0 Å². The van der Waals surface area contributed by atoms with Crippen molar-refractivity contribution < 1.29 is 19.7 Å². The van der Waals surface area contributed by atoms with Crippen LogP contribution in [0.15, 0.2) is 18.2 Å². The van der Waals surface area contributed by atoms with Crippen molar-refractivity contribution in [2.75, 3.05) is 26.8 Å². The molecule has 1 aliphatic rings. The van der Waals surface area contributed by atoms with Gasteiger partial charge in [0.1, 0.15) is 0 Å². The number of aliphatic hydroxyl groups excluding tert-OH is 1. The fourth-order valence-corrected chi connectivity index (χ4v) is 2.70. The van der Waals surface area contributed by atoms with Crippen LogP contribution in [0.1, 0.15) is 29.6 Å². The maximum absolute atomic E-state index is 12.5. The Morgan fingerprint density at radius 3 is 3.00 bits per heavy atom. The Balaban J connectivity index is 2.14. The zero-order valence-electron chi connectivity index (χ0n) is 11.7. The largest absolute Gasteiger partial charge is 0.504 e. The molecule has 1 heterocycles. The first-order valence-electron chi connectivity index (χ1n) is 6.93. The van der Waals surface area contributed by atoms with E-state index in [4.69, 9.17) is 9.84 Å². The number of carbonyl (C=O) groups excluding carboxylic acids is 1. The lowest BCUT2D eigenvalue weighted by Crippen LogP contribution is -2.40. The molecule has 0 radical (unpaired) electrons.